The lowest BCUT2D eigenvalue weighted by atomic mass is 9.87. The smallest absolute Gasteiger partial charge is 0.274 e. The van der Waals surface area contributed by atoms with E-state index in [1.165, 1.54) is 13.0 Å². The van der Waals surface area contributed by atoms with E-state index in [9.17, 15) is 14.9 Å². The van der Waals surface area contributed by atoms with Gasteiger partial charge in [-0.1, -0.05) is 0 Å². The number of nitrogens with one attached hydrogen (secondary N) is 1. The summed E-state index contributed by atoms with van der Waals surface area (Å²) >= 11 is 0. The zero-order valence-electron chi connectivity index (χ0n) is 12.7. The van der Waals surface area contributed by atoms with Crippen LogP contribution in [-0.2, 0) is 4.79 Å². The van der Waals surface area contributed by atoms with Crippen molar-refractivity contribution in [3.05, 3.63) is 33.4 Å². The first-order valence-electron chi connectivity index (χ1n) is 7.13. The molecule has 0 unspecified atom stereocenters. The summed E-state index contributed by atoms with van der Waals surface area (Å²) in [7, 11) is 2.07. The van der Waals surface area contributed by atoms with Gasteiger partial charge in [0.25, 0.3) is 5.69 Å². The van der Waals surface area contributed by atoms with Crippen LogP contribution in [0.2, 0.25) is 0 Å². The van der Waals surface area contributed by atoms with Crippen LogP contribution in [0, 0.1) is 17.0 Å². The summed E-state index contributed by atoms with van der Waals surface area (Å²) in [5, 5.41) is 14.0. The molecule has 1 amide bonds. The van der Waals surface area contributed by atoms with Gasteiger partial charge in [-0.05, 0) is 57.5 Å². The number of amides is 1. The zero-order chi connectivity index (χ0) is 15.6. The van der Waals surface area contributed by atoms with Crippen molar-refractivity contribution in [2.45, 2.75) is 32.6 Å². The molecule has 1 fully saturated rings. The molecule has 0 bridgehead atoms. The molecule has 114 valence electrons. The molecule has 1 heterocycles. The van der Waals surface area contributed by atoms with Crippen molar-refractivity contribution in [1.82, 2.24) is 4.90 Å². The summed E-state index contributed by atoms with van der Waals surface area (Å²) in [6, 6.07) is 3.35. The second kappa shape index (κ2) is 6.22. The Kier molecular flexibility index (Phi) is 4.57. The van der Waals surface area contributed by atoms with Gasteiger partial charge in [-0.2, -0.15) is 0 Å². The van der Waals surface area contributed by atoms with Crippen LogP contribution in [0.5, 0.6) is 0 Å². The summed E-state index contributed by atoms with van der Waals surface area (Å²) in [4.78, 5) is 24.4. The van der Waals surface area contributed by atoms with Crippen LogP contribution in [0.4, 0.5) is 11.4 Å². The molecular formula is C15H21N3O3. The number of nitrogens with zero attached hydrogens (tertiary/aromatic N) is 2. The fourth-order valence-corrected chi connectivity index (χ4v) is 2.85. The van der Waals surface area contributed by atoms with Gasteiger partial charge in [0.2, 0.25) is 5.91 Å². The van der Waals surface area contributed by atoms with Crippen molar-refractivity contribution in [3.63, 3.8) is 0 Å². The third-order valence-electron chi connectivity index (χ3n) is 4.04. The van der Waals surface area contributed by atoms with Gasteiger partial charge in [0.1, 0.15) is 0 Å². The summed E-state index contributed by atoms with van der Waals surface area (Å²) in [6.45, 7) is 5.17. The maximum atomic E-state index is 11.4. The van der Waals surface area contributed by atoms with Crippen LogP contribution >= 0.6 is 0 Å². The number of carbonyl (C=O) groups is 1. The average molecular weight is 291 g/mol. The molecule has 0 radical (unpaired) electrons. The number of piperidine rings is 1. The molecule has 0 spiro atoms. The number of nitro benzene ring substituents is 1. The minimum absolute atomic E-state index is 0.110. The maximum absolute atomic E-state index is 11.4. The number of likely N-dealkylation sites (tertiary alicyclic amines) is 1. The number of nitro groups is 1. The molecule has 1 aliphatic rings. The number of rotatable bonds is 3. The number of anilines is 1. The topological polar surface area (TPSA) is 75.5 Å². The van der Waals surface area contributed by atoms with Crippen LogP contribution in [0.3, 0.4) is 0 Å². The fourth-order valence-electron chi connectivity index (χ4n) is 2.85. The molecule has 6 nitrogen and oxygen atoms in total. The van der Waals surface area contributed by atoms with E-state index in [0.717, 1.165) is 37.1 Å². The molecule has 1 aliphatic heterocycles. The predicted octanol–water partition coefficient (Wildman–Crippen LogP) is 2.67. The third-order valence-corrected chi connectivity index (χ3v) is 4.04. The van der Waals surface area contributed by atoms with Crippen molar-refractivity contribution in [1.29, 1.82) is 0 Å². The molecule has 2 rings (SSSR count). The lowest BCUT2D eigenvalue weighted by Crippen LogP contribution is -2.29. The number of carbonyl (C=O) groups excluding carboxylic acids is 1. The van der Waals surface area contributed by atoms with Gasteiger partial charge < -0.3 is 10.2 Å². The molecular weight excluding hydrogens is 270 g/mol. The standard InChI is InChI=1S/C15H21N3O3/c1-10-8-13(12-4-6-17(3)7-5-12)15(18(20)21)9-14(10)16-11(2)19/h8-9,12H,4-7H2,1-3H3,(H,16,19). The van der Waals surface area contributed by atoms with E-state index in [-0.39, 0.29) is 22.4 Å². The minimum atomic E-state index is -0.349. The van der Waals surface area contributed by atoms with Gasteiger partial charge in [0.05, 0.1) is 10.6 Å². The Morgan fingerprint density at radius 3 is 2.52 bits per heavy atom. The molecule has 1 aromatic carbocycles. The first-order valence-corrected chi connectivity index (χ1v) is 7.13. The molecule has 1 aromatic rings. The first kappa shape index (κ1) is 15.4. The Bertz CT molecular complexity index is 564. The molecule has 0 atom stereocenters. The molecule has 0 saturated carbocycles. The van der Waals surface area contributed by atoms with Crippen molar-refractivity contribution in [2.24, 2.45) is 0 Å². The highest BCUT2D eigenvalue weighted by atomic mass is 16.6. The molecule has 0 aromatic heterocycles. The lowest BCUT2D eigenvalue weighted by Gasteiger charge is -2.29. The monoisotopic (exact) mass is 291 g/mol. The Hall–Kier alpha value is -1.95. The van der Waals surface area contributed by atoms with Crippen molar-refractivity contribution >= 4 is 17.3 Å². The normalized spacial score (nSPS) is 16.7. The Morgan fingerprint density at radius 1 is 1.38 bits per heavy atom. The van der Waals surface area contributed by atoms with Crippen LogP contribution in [0.1, 0.15) is 36.8 Å². The summed E-state index contributed by atoms with van der Waals surface area (Å²) < 4.78 is 0. The van der Waals surface area contributed by atoms with E-state index >= 15 is 0 Å². The van der Waals surface area contributed by atoms with E-state index in [1.807, 2.05) is 13.0 Å². The van der Waals surface area contributed by atoms with Crippen LogP contribution in [0.25, 0.3) is 0 Å². The van der Waals surface area contributed by atoms with Crippen molar-refractivity contribution in [3.8, 4) is 0 Å². The third kappa shape index (κ3) is 3.58. The van der Waals surface area contributed by atoms with Crippen molar-refractivity contribution < 1.29 is 9.72 Å². The second-order valence-electron chi connectivity index (χ2n) is 5.74. The van der Waals surface area contributed by atoms with Crippen LogP contribution in [0.15, 0.2) is 12.1 Å². The maximum Gasteiger partial charge on any atom is 0.274 e. The Balaban J connectivity index is 2.38. The quantitative estimate of drug-likeness (QED) is 0.686. The Labute approximate surface area is 124 Å². The zero-order valence-corrected chi connectivity index (χ0v) is 12.7. The molecule has 6 heteroatoms. The minimum Gasteiger partial charge on any atom is -0.326 e. The lowest BCUT2D eigenvalue weighted by molar-refractivity contribution is -0.385. The average Bonchev–Trinajstić information content (AvgIpc) is 2.41. The van der Waals surface area contributed by atoms with E-state index in [2.05, 4.69) is 17.3 Å². The number of hydrogen-bond acceptors (Lipinski definition) is 4. The molecule has 1 N–H and O–H groups in total. The first-order chi connectivity index (χ1) is 9.88. The van der Waals surface area contributed by atoms with Crippen LogP contribution in [-0.4, -0.2) is 35.9 Å². The molecule has 1 saturated heterocycles. The largest absolute Gasteiger partial charge is 0.326 e. The van der Waals surface area contributed by atoms with E-state index in [1.54, 1.807) is 0 Å². The van der Waals surface area contributed by atoms with E-state index in [0.29, 0.717) is 5.69 Å². The van der Waals surface area contributed by atoms with Gasteiger partial charge in [-0.3, -0.25) is 14.9 Å². The predicted molar refractivity (Wildman–Crippen MR) is 81.6 cm³/mol. The number of aryl methyl sites for hydroxylation is 1. The van der Waals surface area contributed by atoms with Gasteiger partial charge in [0.15, 0.2) is 0 Å². The van der Waals surface area contributed by atoms with Crippen LogP contribution < -0.4 is 5.32 Å². The summed E-state index contributed by atoms with van der Waals surface area (Å²) in [5.74, 6) is -0.00822. The molecule has 0 aliphatic carbocycles. The highest BCUT2D eigenvalue weighted by Crippen LogP contribution is 2.37. The summed E-state index contributed by atoms with van der Waals surface area (Å²) in [5.41, 5.74) is 2.29. The number of benzene rings is 1. The van der Waals surface area contributed by atoms with Gasteiger partial charge >= 0.3 is 0 Å². The highest BCUT2D eigenvalue weighted by Gasteiger charge is 2.26. The van der Waals surface area contributed by atoms with Gasteiger partial charge in [-0.25, -0.2) is 0 Å². The van der Waals surface area contributed by atoms with Gasteiger partial charge in [0, 0.05) is 18.6 Å². The number of hydrogen-bond donors (Lipinski definition) is 1. The SMILES string of the molecule is CC(=O)Nc1cc([N+](=O)[O-])c(C2CCN(C)CC2)cc1C. The highest BCUT2D eigenvalue weighted by molar-refractivity contribution is 5.90. The van der Waals surface area contributed by atoms with E-state index in [4.69, 9.17) is 0 Å². The van der Waals surface area contributed by atoms with Gasteiger partial charge in [-0.15, -0.1) is 0 Å². The molecule has 21 heavy (non-hydrogen) atoms. The fraction of sp³-hybridized carbons (Fsp3) is 0.533. The second-order valence-corrected chi connectivity index (χ2v) is 5.74. The van der Waals surface area contributed by atoms with E-state index < -0.39 is 0 Å². The Morgan fingerprint density at radius 2 is 2.00 bits per heavy atom. The van der Waals surface area contributed by atoms with Crippen molar-refractivity contribution in [2.75, 3.05) is 25.5 Å². The summed E-state index contributed by atoms with van der Waals surface area (Å²) in [6.07, 6.45) is 1.85.